The normalized spacial score (nSPS) is 8.12. The largest absolute Gasteiger partial charge is 0.599 e. The zero-order valence-electron chi connectivity index (χ0n) is 4.85. The van der Waals surface area contributed by atoms with Crippen LogP contribution in [0, 0.1) is 6.26 Å². The van der Waals surface area contributed by atoms with Crippen molar-refractivity contribution < 1.29 is 37.1 Å². The standard InChI is InChI=1S/C6H7O.Y/c1-2-6-3-4-7-5-6;/h3-4H,2H2,1H3;/q-1;. The summed E-state index contributed by atoms with van der Waals surface area (Å²) in [6.07, 6.45) is 5.36. The molecule has 1 rings (SSSR count). The average Bonchev–Trinajstić information content (AvgIpc) is 2.14. The summed E-state index contributed by atoms with van der Waals surface area (Å²) in [5.74, 6) is 0. The summed E-state index contributed by atoms with van der Waals surface area (Å²) in [5, 5.41) is 0. The molecule has 0 fully saturated rings. The molecule has 41 valence electrons. The molecular weight excluding hydrogens is 177 g/mol. The van der Waals surface area contributed by atoms with E-state index in [9.17, 15) is 0 Å². The van der Waals surface area contributed by atoms with Crippen LogP contribution in [0.4, 0.5) is 0 Å². The van der Waals surface area contributed by atoms with Crippen LogP contribution in [0.5, 0.6) is 0 Å². The van der Waals surface area contributed by atoms with E-state index in [1.807, 2.05) is 6.07 Å². The van der Waals surface area contributed by atoms with Crippen molar-refractivity contribution in [2.45, 2.75) is 13.3 Å². The third-order valence-corrected chi connectivity index (χ3v) is 0.908. The molecule has 0 bridgehead atoms. The number of hydrogen-bond acceptors (Lipinski definition) is 1. The molecule has 0 spiro atoms. The van der Waals surface area contributed by atoms with Crippen LogP contribution in [0.15, 0.2) is 16.7 Å². The molecular formula is C6H7OY-. The first-order valence-electron chi connectivity index (χ1n) is 2.37. The van der Waals surface area contributed by atoms with Crippen molar-refractivity contribution >= 4 is 0 Å². The van der Waals surface area contributed by atoms with Gasteiger partial charge >= 0.3 is 0 Å². The van der Waals surface area contributed by atoms with Crippen LogP contribution >= 0.6 is 0 Å². The van der Waals surface area contributed by atoms with Crippen molar-refractivity contribution in [2.24, 2.45) is 0 Å². The number of rotatable bonds is 1. The van der Waals surface area contributed by atoms with E-state index in [4.69, 9.17) is 0 Å². The predicted octanol–water partition coefficient (Wildman–Crippen LogP) is 1.64. The Balaban J connectivity index is 0.000000490. The Labute approximate surface area is 74.3 Å². The first kappa shape index (κ1) is 8.38. The second-order valence-electron chi connectivity index (χ2n) is 1.40. The summed E-state index contributed by atoms with van der Waals surface area (Å²) in [5.41, 5.74) is 1.14. The molecule has 0 aliphatic carbocycles. The van der Waals surface area contributed by atoms with Gasteiger partial charge in [0, 0.05) is 32.7 Å². The average molecular weight is 184 g/mol. The molecule has 1 nitrogen and oxygen atoms in total. The quantitative estimate of drug-likeness (QED) is 0.604. The molecule has 0 atom stereocenters. The van der Waals surface area contributed by atoms with Gasteiger partial charge in [-0.15, -0.1) is 5.56 Å². The third-order valence-electron chi connectivity index (χ3n) is 0.908. The molecule has 0 aliphatic rings. The van der Waals surface area contributed by atoms with Gasteiger partial charge in [-0.25, -0.2) is 0 Å². The molecule has 0 saturated heterocycles. The Morgan fingerprint density at radius 1 is 1.75 bits per heavy atom. The van der Waals surface area contributed by atoms with Crippen molar-refractivity contribution in [2.75, 3.05) is 0 Å². The van der Waals surface area contributed by atoms with Gasteiger partial charge in [-0.1, -0.05) is 19.6 Å². The predicted molar refractivity (Wildman–Crippen MR) is 26.9 cm³/mol. The van der Waals surface area contributed by atoms with E-state index in [1.54, 1.807) is 6.26 Å². The summed E-state index contributed by atoms with van der Waals surface area (Å²) >= 11 is 0. The topological polar surface area (TPSA) is 13.1 Å². The van der Waals surface area contributed by atoms with Gasteiger partial charge in [0.25, 0.3) is 0 Å². The van der Waals surface area contributed by atoms with Gasteiger partial charge in [0.05, 0.1) is 0 Å². The SMILES string of the molecule is CCc1[c-]occ1.[Y]. The van der Waals surface area contributed by atoms with E-state index in [2.05, 4.69) is 17.6 Å². The fourth-order valence-electron chi connectivity index (χ4n) is 0.450. The Kier molecular flexibility index (Phi) is 4.49. The van der Waals surface area contributed by atoms with Crippen molar-refractivity contribution in [3.05, 3.63) is 24.2 Å². The van der Waals surface area contributed by atoms with E-state index in [0.717, 1.165) is 12.0 Å². The third kappa shape index (κ3) is 2.10. The molecule has 0 unspecified atom stereocenters. The van der Waals surface area contributed by atoms with Gasteiger partial charge in [-0.3, -0.25) is 0 Å². The molecule has 1 radical (unpaired) electrons. The molecule has 0 aliphatic heterocycles. The van der Waals surface area contributed by atoms with Crippen LogP contribution in [-0.4, -0.2) is 0 Å². The molecule has 0 N–H and O–H groups in total. The molecule has 0 amide bonds. The Morgan fingerprint density at radius 3 is 2.75 bits per heavy atom. The number of aryl methyl sites for hydroxylation is 1. The second kappa shape index (κ2) is 4.28. The van der Waals surface area contributed by atoms with Crippen LogP contribution in [0.25, 0.3) is 0 Å². The summed E-state index contributed by atoms with van der Waals surface area (Å²) in [6, 6.07) is 1.92. The summed E-state index contributed by atoms with van der Waals surface area (Å²) < 4.78 is 4.68. The summed E-state index contributed by atoms with van der Waals surface area (Å²) in [7, 11) is 0. The van der Waals surface area contributed by atoms with Gasteiger partial charge in [-0.05, 0) is 6.26 Å². The molecule has 1 heterocycles. The van der Waals surface area contributed by atoms with E-state index in [1.165, 1.54) is 0 Å². The summed E-state index contributed by atoms with van der Waals surface area (Å²) in [4.78, 5) is 0. The van der Waals surface area contributed by atoms with Crippen LogP contribution in [0.2, 0.25) is 0 Å². The fourth-order valence-corrected chi connectivity index (χ4v) is 0.450. The Bertz CT molecular complexity index is 123. The maximum atomic E-state index is 4.68. The minimum atomic E-state index is 0. The second-order valence-corrected chi connectivity index (χ2v) is 1.40. The Morgan fingerprint density at radius 2 is 2.50 bits per heavy atom. The van der Waals surface area contributed by atoms with Gasteiger partial charge in [0.2, 0.25) is 0 Å². The van der Waals surface area contributed by atoms with Gasteiger partial charge in [0.15, 0.2) is 0 Å². The molecule has 8 heavy (non-hydrogen) atoms. The van der Waals surface area contributed by atoms with Gasteiger partial charge < -0.3 is 4.42 Å². The van der Waals surface area contributed by atoms with Crippen LogP contribution < -0.4 is 0 Å². The summed E-state index contributed by atoms with van der Waals surface area (Å²) in [6.45, 7) is 2.07. The molecule has 1 aromatic rings. The monoisotopic (exact) mass is 184 g/mol. The fraction of sp³-hybridized carbons (Fsp3) is 0.333. The van der Waals surface area contributed by atoms with E-state index < -0.39 is 0 Å². The zero-order valence-corrected chi connectivity index (χ0v) is 7.69. The number of furan rings is 1. The number of hydrogen-bond donors (Lipinski definition) is 0. The van der Waals surface area contributed by atoms with Crippen molar-refractivity contribution in [1.29, 1.82) is 0 Å². The minimum absolute atomic E-state index is 0. The molecule has 0 saturated carbocycles. The first-order chi connectivity index (χ1) is 3.43. The van der Waals surface area contributed by atoms with Crippen molar-refractivity contribution in [1.82, 2.24) is 0 Å². The molecule has 1 aromatic heterocycles. The maximum Gasteiger partial charge on any atom is 0 e. The minimum Gasteiger partial charge on any atom is -0.599 e. The van der Waals surface area contributed by atoms with Crippen LogP contribution in [0.1, 0.15) is 12.5 Å². The zero-order chi connectivity index (χ0) is 5.11. The van der Waals surface area contributed by atoms with E-state index in [0.29, 0.717) is 0 Å². The first-order valence-corrected chi connectivity index (χ1v) is 2.37. The van der Waals surface area contributed by atoms with Crippen LogP contribution in [-0.2, 0) is 39.1 Å². The Hall–Kier alpha value is 0.384. The van der Waals surface area contributed by atoms with Crippen LogP contribution in [0.3, 0.4) is 0 Å². The van der Waals surface area contributed by atoms with Gasteiger partial charge in [0.1, 0.15) is 0 Å². The molecule has 0 aromatic carbocycles. The molecule has 2 heteroatoms. The van der Waals surface area contributed by atoms with Crippen molar-refractivity contribution in [3.63, 3.8) is 0 Å². The smallest absolute Gasteiger partial charge is 0 e. The van der Waals surface area contributed by atoms with Gasteiger partial charge in [-0.2, -0.15) is 6.07 Å². The van der Waals surface area contributed by atoms with E-state index in [-0.39, 0.29) is 32.7 Å². The maximum absolute atomic E-state index is 4.68. The van der Waals surface area contributed by atoms with E-state index >= 15 is 0 Å². The van der Waals surface area contributed by atoms with Crippen molar-refractivity contribution in [3.8, 4) is 0 Å².